The van der Waals surface area contributed by atoms with E-state index in [-0.39, 0.29) is 29.7 Å². The Hall–Kier alpha value is -4.14. The summed E-state index contributed by atoms with van der Waals surface area (Å²) in [5.74, 6) is -0.621. The van der Waals surface area contributed by atoms with Crippen LogP contribution in [0.1, 0.15) is 36.1 Å². The van der Waals surface area contributed by atoms with E-state index in [1.807, 2.05) is 64.1 Å². The van der Waals surface area contributed by atoms with Crippen molar-refractivity contribution in [1.29, 1.82) is 0 Å². The second-order valence-electron chi connectivity index (χ2n) is 11.7. The number of carbonyl (C=O) groups excluding carboxylic acids is 2. The first-order valence-electron chi connectivity index (χ1n) is 15.0. The molecule has 9 heteroatoms. The highest BCUT2D eigenvalue weighted by atomic mass is 35.5. The molecule has 0 heterocycles. The summed E-state index contributed by atoms with van der Waals surface area (Å²) >= 11 is 6.15. The van der Waals surface area contributed by atoms with Gasteiger partial charge in [-0.25, -0.2) is 8.42 Å². The molecule has 2 amide bonds. The summed E-state index contributed by atoms with van der Waals surface area (Å²) in [7, 11) is -4.15. The van der Waals surface area contributed by atoms with Gasteiger partial charge in [0.15, 0.2) is 0 Å². The summed E-state index contributed by atoms with van der Waals surface area (Å²) in [5, 5.41) is 3.54. The first kappa shape index (κ1) is 33.7. The molecule has 45 heavy (non-hydrogen) atoms. The summed E-state index contributed by atoms with van der Waals surface area (Å²) < 4.78 is 29.4. The molecule has 0 unspecified atom stereocenters. The van der Waals surface area contributed by atoms with E-state index in [4.69, 9.17) is 11.6 Å². The Morgan fingerprint density at radius 1 is 0.800 bits per heavy atom. The van der Waals surface area contributed by atoms with Crippen molar-refractivity contribution in [3.05, 3.63) is 130 Å². The van der Waals surface area contributed by atoms with Gasteiger partial charge in [0.1, 0.15) is 12.6 Å². The molecule has 0 fully saturated rings. The molecule has 4 aromatic carbocycles. The molecule has 0 aliphatic rings. The van der Waals surface area contributed by atoms with Gasteiger partial charge in [0.25, 0.3) is 10.0 Å². The lowest BCUT2D eigenvalue weighted by Crippen LogP contribution is -2.53. The van der Waals surface area contributed by atoms with E-state index in [2.05, 4.69) is 5.32 Å². The predicted molar refractivity (Wildman–Crippen MR) is 181 cm³/mol. The fraction of sp³-hybridized carbons (Fsp3) is 0.278. The van der Waals surface area contributed by atoms with Crippen LogP contribution < -0.4 is 9.62 Å². The summed E-state index contributed by atoms with van der Waals surface area (Å²) in [6.45, 7) is 7.75. The Morgan fingerprint density at radius 3 is 2.09 bits per heavy atom. The zero-order chi connectivity index (χ0) is 32.6. The minimum absolute atomic E-state index is 0.0715. The van der Waals surface area contributed by atoms with Crippen LogP contribution in [0.25, 0.3) is 0 Å². The normalized spacial score (nSPS) is 12.0. The van der Waals surface area contributed by atoms with Crippen LogP contribution in [0, 0.1) is 19.8 Å². The van der Waals surface area contributed by atoms with Crippen LogP contribution in [-0.2, 0) is 32.6 Å². The number of aryl methyl sites for hydroxylation is 2. The molecule has 236 valence electrons. The largest absolute Gasteiger partial charge is 0.354 e. The molecular weight excluding hydrogens is 606 g/mol. The van der Waals surface area contributed by atoms with Crippen molar-refractivity contribution in [3.8, 4) is 0 Å². The second-order valence-corrected chi connectivity index (χ2v) is 14.0. The van der Waals surface area contributed by atoms with E-state index in [1.54, 1.807) is 66.7 Å². The maximum atomic E-state index is 14.5. The Kier molecular flexibility index (Phi) is 11.4. The Balaban J connectivity index is 1.79. The maximum Gasteiger partial charge on any atom is 0.264 e. The third-order valence-electron chi connectivity index (χ3n) is 7.40. The quantitative estimate of drug-likeness (QED) is 0.178. The van der Waals surface area contributed by atoms with Crippen LogP contribution >= 0.6 is 11.6 Å². The lowest BCUT2D eigenvalue weighted by atomic mass is 10.0. The molecule has 4 aromatic rings. The van der Waals surface area contributed by atoms with E-state index < -0.39 is 28.5 Å². The number of halogens is 1. The SMILES string of the molecule is Cc1ccc(S(=O)(=O)N(CC(=O)N(Cc2ccc(Cl)cc2)[C@H](Cc2ccccc2)C(=O)NCC(C)C)c2cccc(C)c2)cc1. The van der Waals surface area contributed by atoms with Crippen LogP contribution in [0.15, 0.2) is 108 Å². The van der Waals surface area contributed by atoms with E-state index >= 15 is 0 Å². The first-order chi connectivity index (χ1) is 21.4. The third kappa shape index (κ3) is 9.19. The molecule has 0 aliphatic heterocycles. The average Bonchev–Trinajstić information content (AvgIpc) is 3.01. The molecule has 0 spiro atoms. The zero-order valence-electron chi connectivity index (χ0n) is 26.1. The van der Waals surface area contributed by atoms with E-state index in [9.17, 15) is 18.0 Å². The van der Waals surface area contributed by atoms with Gasteiger partial charge in [0.2, 0.25) is 11.8 Å². The molecule has 0 aromatic heterocycles. The molecule has 1 atom stereocenters. The van der Waals surface area contributed by atoms with Crippen molar-refractivity contribution in [2.24, 2.45) is 5.92 Å². The van der Waals surface area contributed by atoms with E-state index in [0.29, 0.717) is 17.3 Å². The minimum Gasteiger partial charge on any atom is -0.354 e. The number of sulfonamides is 1. The Morgan fingerprint density at radius 2 is 1.47 bits per heavy atom. The summed E-state index contributed by atoms with van der Waals surface area (Å²) in [6.07, 6.45) is 0.249. The highest BCUT2D eigenvalue weighted by Gasteiger charge is 2.34. The summed E-state index contributed by atoms with van der Waals surface area (Å²) in [6, 6.07) is 29.2. The van der Waals surface area contributed by atoms with Crippen LogP contribution in [-0.4, -0.2) is 44.3 Å². The minimum atomic E-state index is -4.15. The molecule has 1 N–H and O–H groups in total. The monoisotopic (exact) mass is 645 g/mol. The van der Waals surface area contributed by atoms with Crippen molar-refractivity contribution in [2.45, 2.75) is 51.6 Å². The third-order valence-corrected chi connectivity index (χ3v) is 9.44. The van der Waals surface area contributed by atoms with Gasteiger partial charge in [-0.15, -0.1) is 0 Å². The number of hydrogen-bond donors (Lipinski definition) is 1. The summed E-state index contributed by atoms with van der Waals surface area (Å²) in [4.78, 5) is 29.9. The number of anilines is 1. The van der Waals surface area contributed by atoms with Gasteiger partial charge in [-0.2, -0.15) is 0 Å². The number of nitrogens with one attached hydrogen (secondary N) is 1. The fourth-order valence-corrected chi connectivity index (χ4v) is 6.44. The van der Waals surface area contributed by atoms with E-state index in [0.717, 1.165) is 26.6 Å². The van der Waals surface area contributed by atoms with Crippen molar-refractivity contribution < 1.29 is 18.0 Å². The number of carbonyl (C=O) groups is 2. The molecule has 7 nitrogen and oxygen atoms in total. The van der Waals surface area contributed by atoms with Gasteiger partial charge in [0, 0.05) is 24.5 Å². The zero-order valence-corrected chi connectivity index (χ0v) is 27.7. The molecular formula is C36H40ClN3O4S. The van der Waals surface area contributed by atoms with Crippen molar-refractivity contribution in [1.82, 2.24) is 10.2 Å². The summed E-state index contributed by atoms with van der Waals surface area (Å²) in [5.41, 5.74) is 3.75. The van der Waals surface area contributed by atoms with Gasteiger partial charge in [-0.1, -0.05) is 97.7 Å². The lowest BCUT2D eigenvalue weighted by molar-refractivity contribution is -0.140. The lowest BCUT2D eigenvalue weighted by Gasteiger charge is -2.34. The van der Waals surface area contributed by atoms with Crippen molar-refractivity contribution in [3.63, 3.8) is 0 Å². The van der Waals surface area contributed by atoms with Crippen molar-refractivity contribution in [2.75, 3.05) is 17.4 Å². The standard InChI is InChI=1S/C36H40ClN3O4S/c1-26(2)23-38-36(42)34(22-29-10-6-5-7-11-29)39(24-30-15-17-31(37)18-16-30)35(41)25-40(32-12-8-9-28(4)21-32)45(43,44)33-19-13-27(3)14-20-33/h5-21,26,34H,22-25H2,1-4H3,(H,38,42)/t34-/m1/s1. The molecule has 0 saturated carbocycles. The van der Waals surface area contributed by atoms with Crippen molar-refractivity contribution >= 4 is 39.1 Å². The van der Waals surface area contributed by atoms with Gasteiger partial charge in [-0.3, -0.25) is 13.9 Å². The molecule has 0 aliphatic carbocycles. The fourth-order valence-electron chi connectivity index (χ4n) is 4.91. The molecule has 4 rings (SSSR count). The first-order valence-corrected chi connectivity index (χ1v) is 16.8. The smallest absolute Gasteiger partial charge is 0.264 e. The van der Waals surface area contributed by atoms with Crippen LogP contribution in [0.3, 0.4) is 0 Å². The predicted octanol–water partition coefficient (Wildman–Crippen LogP) is 6.56. The number of amides is 2. The number of rotatable bonds is 13. The van der Waals surface area contributed by atoms with Gasteiger partial charge >= 0.3 is 0 Å². The Labute approximate surface area is 271 Å². The number of hydrogen-bond acceptors (Lipinski definition) is 4. The topological polar surface area (TPSA) is 86.8 Å². The van der Waals surface area contributed by atoms with Gasteiger partial charge in [-0.05, 0) is 72.9 Å². The molecule has 0 radical (unpaired) electrons. The van der Waals surface area contributed by atoms with Crippen LogP contribution in [0.5, 0.6) is 0 Å². The highest BCUT2D eigenvalue weighted by Crippen LogP contribution is 2.26. The molecule has 0 saturated heterocycles. The highest BCUT2D eigenvalue weighted by molar-refractivity contribution is 7.92. The number of benzene rings is 4. The van der Waals surface area contributed by atoms with Gasteiger partial charge in [0.05, 0.1) is 10.6 Å². The maximum absolute atomic E-state index is 14.5. The van der Waals surface area contributed by atoms with E-state index in [1.165, 1.54) is 4.90 Å². The van der Waals surface area contributed by atoms with Crippen LogP contribution in [0.2, 0.25) is 5.02 Å². The average molecular weight is 646 g/mol. The van der Waals surface area contributed by atoms with Gasteiger partial charge < -0.3 is 10.2 Å². The van der Waals surface area contributed by atoms with Crippen LogP contribution in [0.4, 0.5) is 5.69 Å². The second kappa shape index (κ2) is 15.2. The molecule has 0 bridgehead atoms. The Bertz CT molecular complexity index is 1690. The number of nitrogens with zero attached hydrogens (tertiary/aromatic N) is 2.